The van der Waals surface area contributed by atoms with Crippen molar-refractivity contribution in [3.05, 3.63) is 102 Å². The lowest BCUT2D eigenvalue weighted by atomic mass is 10.1. The quantitative estimate of drug-likeness (QED) is 0.357. The summed E-state index contributed by atoms with van der Waals surface area (Å²) >= 11 is 1.80. The lowest BCUT2D eigenvalue weighted by molar-refractivity contribution is 0.104. The summed E-state index contributed by atoms with van der Waals surface area (Å²) in [5.41, 5.74) is 3.97. The van der Waals surface area contributed by atoms with Gasteiger partial charge in [0.15, 0.2) is 5.78 Å². The molecular weight excluding hydrogens is 340 g/mol. The molecule has 0 unspecified atom stereocenters. The van der Waals surface area contributed by atoms with Gasteiger partial charge in [-0.3, -0.25) is 4.79 Å². The second-order valence-electron chi connectivity index (χ2n) is 6.02. The molecule has 1 aliphatic heterocycles. The maximum absolute atomic E-state index is 12.3. The molecule has 0 aromatic heterocycles. The molecule has 3 aromatic carbocycles. The Morgan fingerprint density at radius 1 is 0.846 bits per heavy atom. The number of anilines is 2. The minimum Gasteiger partial charge on any atom is -0.340 e. The highest BCUT2D eigenvalue weighted by Crippen LogP contribution is 2.35. The van der Waals surface area contributed by atoms with Crippen LogP contribution in [0.1, 0.15) is 15.9 Å². The van der Waals surface area contributed by atoms with Crippen LogP contribution in [0.25, 0.3) is 0 Å². The van der Waals surface area contributed by atoms with Gasteiger partial charge in [-0.05, 0) is 23.8 Å². The number of benzene rings is 3. The first kappa shape index (κ1) is 16.5. The Morgan fingerprint density at radius 3 is 2.31 bits per heavy atom. The van der Waals surface area contributed by atoms with Gasteiger partial charge in [-0.1, -0.05) is 60.7 Å². The van der Waals surface area contributed by atoms with E-state index < -0.39 is 0 Å². The molecule has 0 saturated heterocycles. The summed E-state index contributed by atoms with van der Waals surface area (Å²) in [5.74, 6) is 1.62. The third-order valence-electron chi connectivity index (χ3n) is 4.11. The van der Waals surface area contributed by atoms with Crippen LogP contribution in [0.15, 0.2) is 95.7 Å². The smallest absolute Gasteiger partial charge is 0.189 e. The van der Waals surface area contributed by atoms with E-state index in [4.69, 9.17) is 0 Å². The largest absolute Gasteiger partial charge is 0.340 e. The van der Waals surface area contributed by atoms with Crippen LogP contribution >= 0.6 is 11.8 Å². The number of allylic oxidation sites excluding steroid dienone is 1. The van der Waals surface area contributed by atoms with E-state index in [0.717, 1.165) is 17.1 Å². The number of carbonyl (C=O) groups excluding carboxylic acids is 1. The van der Waals surface area contributed by atoms with Crippen molar-refractivity contribution >= 4 is 28.9 Å². The van der Waals surface area contributed by atoms with Crippen molar-refractivity contribution in [2.45, 2.75) is 10.6 Å². The predicted molar refractivity (Wildman–Crippen MR) is 109 cm³/mol. The standard InChI is InChI=1S/C22H18N2OS/c25-21(17-9-5-2-6-10-17)14-22-23-19-12-11-18(13-20(19)24-22)26-15-16-7-3-1-4-8-16/h1-14,23-24H,15H2/b22-14-. The fourth-order valence-electron chi connectivity index (χ4n) is 2.78. The van der Waals surface area contributed by atoms with Gasteiger partial charge in [0.1, 0.15) is 5.82 Å². The minimum atomic E-state index is -0.0212. The van der Waals surface area contributed by atoms with E-state index in [0.29, 0.717) is 11.4 Å². The number of fused-ring (bicyclic) bond motifs is 1. The molecule has 4 heteroatoms. The molecule has 1 aliphatic rings. The Kier molecular flexibility index (Phi) is 4.75. The van der Waals surface area contributed by atoms with Crippen LogP contribution in [-0.2, 0) is 5.75 Å². The third kappa shape index (κ3) is 3.81. The number of carbonyl (C=O) groups is 1. The van der Waals surface area contributed by atoms with Gasteiger partial charge in [-0.15, -0.1) is 11.8 Å². The summed E-state index contributed by atoms with van der Waals surface area (Å²) in [4.78, 5) is 13.5. The predicted octanol–water partition coefficient (Wildman–Crippen LogP) is 5.54. The van der Waals surface area contributed by atoms with Crippen molar-refractivity contribution in [2.75, 3.05) is 10.6 Å². The maximum atomic E-state index is 12.3. The van der Waals surface area contributed by atoms with E-state index in [1.807, 2.05) is 42.5 Å². The molecule has 0 bridgehead atoms. The molecular formula is C22H18N2OS. The number of hydrogen-bond donors (Lipinski definition) is 2. The molecule has 0 saturated carbocycles. The summed E-state index contributed by atoms with van der Waals surface area (Å²) in [5, 5.41) is 6.55. The van der Waals surface area contributed by atoms with Crippen molar-refractivity contribution in [1.82, 2.24) is 0 Å². The van der Waals surface area contributed by atoms with Crippen molar-refractivity contribution in [3.8, 4) is 0 Å². The number of rotatable bonds is 5. The van der Waals surface area contributed by atoms with Gasteiger partial charge in [-0.25, -0.2) is 0 Å². The molecule has 3 aromatic rings. The SMILES string of the molecule is O=C(/C=C1/Nc2ccc(SCc3ccccc3)cc2N1)c1ccccc1. The Hall–Kier alpha value is -2.98. The highest BCUT2D eigenvalue weighted by molar-refractivity contribution is 7.98. The second-order valence-corrected chi connectivity index (χ2v) is 7.07. The van der Waals surface area contributed by atoms with Gasteiger partial charge in [0.05, 0.1) is 11.4 Å². The molecule has 0 spiro atoms. The Labute approximate surface area is 157 Å². The zero-order chi connectivity index (χ0) is 17.8. The van der Waals surface area contributed by atoms with Crippen LogP contribution in [0.3, 0.4) is 0 Å². The molecule has 0 fully saturated rings. The highest BCUT2D eigenvalue weighted by atomic mass is 32.2. The van der Waals surface area contributed by atoms with Gasteiger partial charge in [0.2, 0.25) is 0 Å². The molecule has 0 aliphatic carbocycles. The fraction of sp³-hybridized carbons (Fsp3) is 0.0455. The highest BCUT2D eigenvalue weighted by Gasteiger charge is 2.16. The normalized spacial score (nSPS) is 13.8. The van der Waals surface area contributed by atoms with Gasteiger partial charge < -0.3 is 10.6 Å². The maximum Gasteiger partial charge on any atom is 0.189 e. The van der Waals surface area contributed by atoms with E-state index in [1.165, 1.54) is 10.5 Å². The molecule has 0 radical (unpaired) electrons. The molecule has 3 nitrogen and oxygen atoms in total. The lowest BCUT2D eigenvalue weighted by Crippen LogP contribution is -2.04. The zero-order valence-corrected chi connectivity index (χ0v) is 14.9. The number of hydrogen-bond acceptors (Lipinski definition) is 4. The van der Waals surface area contributed by atoms with Crippen LogP contribution < -0.4 is 10.6 Å². The van der Waals surface area contributed by atoms with Crippen LogP contribution in [0.4, 0.5) is 11.4 Å². The summed E-state index contributed by atoms with van der Waals surface area (Å²) < 4.78 is 0. The Balaban J connectivity index is 1.44. The fourth-order valence-corrected chi connectivity index (χ4v) is 3.67. The molecule has 4 rings (SSSR count). The van der Waals surface area contributed by atoms with E-state index in [2.05, 4.69) is 47.0 Å². The summed E-state index contributed by atoms with van der Waals surface area (Å²) in [6.07, 6.45) is 1.60. The van der Waals surface area contributed by atoms with E-state index in [9.17, 15) is 4.79 Å². The van der Waals surface area contributed by atoms with Crippen LogP contribution in [-0.4, -0.2) is 5.78 Å². The van der Waals surface area contributed by atoms with Gasteiger partial charge in [-0.2, -0.15) is 0 Å². The van der Waals surface area contributed by atoms with Gasteiger partial charge in [0.25, 0.3) is 0 Å². The third-order valence-corrected chi connectivity index (χ3v) is 5.18. The molecule has 0 amide bonds. The van der Waals surface area contributed by atoms with E-state index in [-0.39, 0.29) is 5.78 Å². The van der Waals surface area contributed by atoms with Gasteiger partial charge in [0, 0.05) is 22.3 Å². The van der Waals surface area contributed by atoms with Crippen molar-refractivity contribution in [3.63, 3.8) is 0 Å². The molecule has 1 heterocycles. The molecule has 2 N–H and O–H groups in total. The van der Waals surface area contributed by atoms with Gasteiger partial charge >= 0.3 is 0 Å². The average molecular weight is 358 g/mol. The first-order valence-corrected chi connectivity index (χ1v) is 9.42. The Morgan fingerprint density at radius 2 is 1.54 bits per heavy atom. The first-order valence-electron chi connectivity index (χ1n) is 8.44. The van der Waals surface area contributed by atoms with Crippen LogP contribution in [0.2, 0.25) is 0 Å². The summed E-state index contributed by atoms with van der Waals surface area (Å²) in [7, 11) is 0. The molecule has 128 valence electrons. The van der Waals surface area contributed by atoms with Crippen molar-refractivity contribution < 1.29 is 4.79 Å². The van der Waals surface area contributed by atoms with E-state index >= 15 is 0 Å². The number of thioether (sulfide) groups is 1. The van der Waals surface area contributed by atoms with E-state index in [1.54, 1.807) is 17.8 Å². The summed E-state index contributed by atoms with van der Waals surface area (Å²) in [6.45, 7) is 0. The average Bonchev–Trinajstić information content (AvgIpc) is 3.09. The summed E-state index contributed by atoms with van der Waals surface area (Å²) in [6, 6.07) is 26.0. The van der Waals surface area contributed by atoms with Crippen LogP contribution in [0, 0.1) is 0 Å². The zero-order valence-electron chi connectivity index (χ0n) is 14.1. The number of nitrogens with one attached hydrogen (secondary N) is 2. The second kappa shape index (κ2) is 7.50. The number of ketones is 1. The Bertz CT molecular complexity index is 952. The molecule has 26 heavy (non-hydrogen) atoms. The van der Waals surface area contributed by atoms with Crippen molar-refractivity contribution in [1.29, 1.82) is 0 Å². The monoisotopic (exact) mass is 358 g/mol. The van der Waals surface area contributed by atoms with Crippen molar-refractivity contribution in [2.24, 2.45) is 0 Å². The lowest BCUT2D eigenvalue weighted by Gasteiger charge is -2.04. The first-order chi connectivity index (χ1) is 12.8. The topological polar surface area (TPSA) is 41.1 Å². The molecule has 0 atom stereocenters. The minimum absolute atomic E-state index is 0.0212. The van der Waals surface area contributed by atoms with Crippen LogP contribution in [0.5, 0.6) is 0 Å².